The third-order valence-corrected chi connectivity index (χ3v) is 6.02. The zero-order valence-electron chi connectivity index (χ0n) is 16.2. The lowest BCUT2D eigenvalue weighted by molar-refractivity contribution is 0.0694. The quantitative estimate of drug-likeness (QED) is 0.834. The second kappa shape index (κ2) is 6.77. The van der Waals surface area contributed by atoms with E-state index in [1.807, 2.05) is 18.9 Å². The van der Waals surface area contributed by atoms with E-state index in [-0.39, 0.29) is 29.6 Å². The van der Waals surface area contributed by atoms with E-state index in [2.05, 4.69) is 12.2 Å². The molecule has 3 atom stereocenters. The summed E-state index contributed by atoms with van der Waals surface area (Å²) in [6.45, 7) is 5.60. The lowest BCUT2D eigenvalue weighted by atomic mass is 10.0. The van der Waals surface area contributed by atoms with Gasteiger partial charge in [-0.15, -0.1) is 0 Å². The fraction of sp³-hybridized carbons (Fsp3) is 0.500. The minimum atomic E-state index is -1.32. The van der Waals surface area contributed by atoms with Crippen LogP contribution in [-0.4, -0.2) is 48.4 Å². The minimum Gasteiger partial charge on any atom is -0.487 e. The van der Waals surface area contributed by atoms with Crippen molar-refractivity contribution in [1.82, 2.24) is 9.88 Å². The summed E-state index contributed by atoms with van der Waals surface area (Å²) in [6.07, 6.45) is 2.32. The summed E-state index contributed by atoms with van der Waals surface area (Å²) >= 11 is 0. The van der Waals surface area contributed by atoms with Crippen LogP contribution in [-0.2, 0) is 0 Å². The van der Waals surface area contributed by atoms with Crippen LogP contribution in [0, 0.1) is 11.7 Å². The first-order valence-electron chi connectivity index (χ1n) is 9.57. The molecule has 1 aromatic heterocycles. The SMILES string of the molecule is CC[C@H]1CN(c2c(F)cc3c(=O)c(C(=O)O)cn4c3c2OC[C@@H]4C)C[C@H]1NC. The van der Waals surface area contributed by atoms with Gasteiger partial charge in [0.25, 0.3) is 0 Å². The van der Waals surface area contributed by atoms with Gasteiger partial charge < -0.3 is 24.6 Å². The summed E-state index contributed by atoms with van der Waals surface area (Å²) < 4.78 is 22.9. The highest BCUT2D eigenvalue weighted by Gasteiger charge is 2.36. The van der Waals surface area contributed by atoms with E-state index in [0.29, 0.717) is 36.0 Å². The van der Waals surface area contributed by atoms with Crippen molar-refractivity contribution in [2.45, 2.75) is 32.4 Å². The zero-order valence-corrected chi connectivity index (χ0v) is 16.2. The predicted molar refractivity (Wildman–Crippen MR) is 104 cm³/mol. The van der Waals surface area contributed by atoms with Gasteiger partial charge in [0, 0.05) is 25.3 Å². The first kappa shape index (κ1) is 18.7. The number of carboxylic acids is 1. The molecule has 3 heterocycles. The number of rotatable bonds is 4. The molecule has 2 aliphatic heterocycles. The van der Waals surface area contributed by atoms with Crippen LogP contribution < -0.4 is 20.4 Å². The highest BCUT2D eigenvalue weighted by molar-refractivity contribution is 5.97. The highest BCUT2D eigenvalue weighted by atomic mass is 19.1. The van der Waals surface area contributed by atoms with Crippen LogP contribution in [0.1, 0.15) is 36.7 Å². The molecule has 8 heteroatoms. The van der Waals surface area contributed by atoms with E-state index in [9.17, 15) is 14.7 Å². The first-order chi connectivity index (χ1) is 13.4. The number of likely N-dealkylation sites (N-methyl/N-ethyl adjacent to an activating group) is 1. The Morgan fingerprint density at radius 3 is 2.79 bits per heavy atom. The Kier molecular flexibility index (Phi) is 4.53. The molecular formula is C20H24FN3O4. The number of halogens is 1. The molecule has 0 bridgehead atoms. The summed E-state index contributed by atoms with van der Waals surface area (Å²) in [4.78, 5) is 26.1. The summed E-state index contributed by atoms with van der Waals surface area (Å²) in [5.74, 6) is -1.17. The highest BCUT2D eigenvalue weighted by Crippen LogP contribution is 2.43. The molecule has 0 amide bonds. The van der Waals surface area contributed by atoms with Gasteiger partial charge in [-0.05, 0) is 26.0 Å². The molecule has 4 rings (SSSR count). The van der Waals surface area contributed by atoms with Crippen molar-refractivity contribution in [3.63, 3.8) is 0 Å². The molecule has 1 fully saturated rings. The molecule has 2 N–H and O–H groups in total. The average Bonchev–Trinajstić information content (AvgIpc) is 3.08. The topological polar surface area (TPSA) is 83.8 Å². The van der Waals surface area contributed by atoms with Crippen molar-refractivity contribution in [3.05, 3.63) is 33.9 Å². The Labute approximate surface area is 161 Å². The van der Waals surface area contributed by atoms with Gasteiger partial charge in [-0.1, -0.05) is 13.3 Å². The standard InChI is InChI=1S/C20H24FN3O4/c1-4-11-6-23(8-15(11)22-3)17-14(21)5-12-16-19(17)28-9-10(2)24(16)7-13(18(12)25)20(26)27/h5,7,10-11,15,22H,4,6,8-9H2,1-3H3,(H,26,27)/t10-,11-,15+/m0/s1. The van der Waals surface area contributed by atoms with E-state index in [1.165, 1.54) is 6.20 Å². The number of carbonyl (C=O) groups is 1. The Morgan fingerprint density at radius 1 is 1.43 bits per heavy atom. The van der Waals surface area contributed by atoms with Gasteiger partial charge in [0.2, 0.25) is 5.43 Å². The molecule has 150 valence electrons. The number of anilines is 1. The van der Waals surface area contributed by atoms with E-state index in [0.717, 1.165) is 12.5 Å². The number of carboxylic acid groups (broad SMARTS) is 1. The van der Waals surface area contributed by atoms with Crippen molar-refractivity contribution < 1.29 is 19.0 Å². The molecule has 0 spiro atoms. The first-order valence-corrected chi connectivity index (χ1v) is 9.57. The second-order valence-electron chi connectivity index (χ2n) is 7.65. The fourth-order valence-corrected chi connectivity index (χ4v) is 4.45. The van der Waals surface area contributed by atoms with Gasteiger partial charge in [0.15, 0.2) is 11.6 Å². The van der Waals surface area contributed by atoms with Crippen molar-refractivity contribution >= 4 is 22.6 Å². The number of hydrogen-bond donors (Lipinski definition) is 2. The Balaban J connectivity index is 1.97. The van der Waals surface area contributed by atoms with Crippen molar-refractivity contribution in [1.29, 1.82) is 0 Å². The van der Waals surface area contributed by atoms with Gasteiger partial charge in [-0.2, -0.15) is 0 Å². The van der Waals surface area contributed by atoms with Crippen molar-refractivity contribution in [2.75, 3.05) is 31.6 Å². The van der Waals surface area contributed by atoms with Gasteiger partial charge in [0.1, 0.15) is 17.9 Å². The van der Waals surface area contributed by atoms with E-state index in [4.69, 9.17) is 4.74 Å². The second-order valence-corrected chi connectivity index (χ2v) is 7.65. The van der Waals surface area contributed by atoms with Gasteiger partial charge >= 0.3 is 5.97 Å². The van der Waals surface area contributed by atoms with Gasteiger partial charge in [-0.25, -0.2) is 9.18 Å². The van der Waals surface area contributed by atoms with Crippen LogP contribution in [0.2, 0.25) is 0 Å². The maximum Gasteiger partial charge on any atom is 0.341 e. The molecule has 2 aliphatic rings. The van der Waals surface area contributed by atoms with Crippen LogP contribution in [0.5, 0.6) is 5.75 Å². The Morgan fingerprint density at radius 2 is 2.18 bits per heavy atom. The Hall–Kier alpha value is -2.61. The monoisotopic (exact) mass is 389 g/mol. The average molecular weight is 389 g/mol. The molecule has 0 radical (unpaired) electrons. The lowest BCUT2D eigenvalue weighted by Crippen LogP contribution is -2.33. The number of aromatic nitrogens is 1. The van der Waals surface area contributed by atoms with Gasteiger partial charge in [0.05, 0.1) is 16.9 Å². The summed E-state index contributed by atoms with van der Waals surface area (Å²) in [5.41, 5.74) is -0.233. The number of hydrogen-bond acceptors (Lipinski definition) is 5. The maximum atomic E-state index is 15.2. The van der Waals surface area contributed by atoms with Gasteiger partial charge in [-0.3, -0.25) is 4.79 Å². The lowest BCUT2D eigenvalue weighted by Gasteiger charge is -2.31. The molecule has 7 nitrogen and oxygen atoms in total. The zero-order chi connectivity index (χ0) is 20.2. The molecule has 1 aromatic carbocycles. The number of nitrogens with one attached hydrogen (secondary N) is 1. The molecule has 28 heavy (non-hydrogen) atoms. The number of pyridine rings is 1. The number of aromatic carboxylic acids is 1. The fourth-order valence-electron chi connectivity index (χ4n) is 4.45. The van der Waals surface area contributed by atoms with Crippen molar-refractivity contribution in [2.24, 2.45) is 5.92 Å². The summed E-state index contributed by atoms with van der Waals surface area (Å²) in [6, 6.07) is 1.24. The van der Waals surface area contributed by atoms with E-state index < -0.39 is 17.2 Å². The van der Waals surface area contributed by atoms with Crippen LogP contribution in [0.4, 0.5) is 10.1 Å². The molecule has 0 unspecified atom stereocenters. The summed E-state index contributed by atoms with van der Waals surface area (Å²) in [7, 11) is 1.90. The minimum absolute atomic E-state index is 0.0408. The normalized spacial score (nSPS) is 23.9. The van der Waals surface area contributed by atoms with Crippen molar-refractivity contribution in [3.8, 4) is 5.75 Å². The molecule has 1 saturated heterocycles. The van der Waals surface area contributed by atoms with E-state index in [1.54, 1.807) is 4.57 Å². The molecule has 2 aromatic rings. The molecular weight excluding hydrogens is 365 g/mol. The van der Waals surface area contributed by atoms with Crippen LogP contribution >= 0.6 is 0 Å². The summed E-state index contributed by atoms with van der Waals surface area (Å²) in [5, 5.41) is 12.7. The van der Waals surface area contributed by atoms with Crippen LogP contribution in [0.15, 0.2) is 17.1 Å². The third kappa shape index (κ3) is 2.66. The molecule has 0 saturated carbocycles. The third-order valence-electron chi connectivity index (χ3n) is 6.02. The van der Waals surface area contributed by atoms with Crippen LogP contribution in [0.3, 0.4) is 0 Å². The number of benzene rings is 1. The predicted octanol–water partition coefficient (Wildman–Crippen LogP) is 2.23. The smallest absolute Gasteiger partial charge is 0.341 e. The molecule has 0 aliphatic carbocycles. The maximum absolute atomic E-state index is 15.2. The number of ether oxygens (including phenoxy) is 1. The largest absolute Gasteiger partial charge is 0.487 e. The number of nitrogens with zero attached hydrogens (tertiary/aromatic N) is 2. The van der Waals surface area contributed by atoms with E-state index >= 15 is 4.39 Å². The van der Waals surface area contributed by atoms with Crippen LogP contribution in [0.25, 0.3) is 10.9 Å². The Bertz CT molecular complexity index is 1010.